The van der Waals surface area contributed by atoms with Crippen molar-refractivity contribution in [1.29, 1.82) is 0 Å². The topological polar surface area (TPSA) is 97.9 Å². The van der Waals surface area contributed by atoms with E-state index in [0.717, 1.165) is 18.8 Å². The third kappa shape index (κ3) is 5.42. The highest BCUT2D eigenvalue weighted by atomic mass is 16.6. The van der Waals surface area contributed by atoms with Gasteiger partial charge in [-0.2, -0.15) is 0 Å². The number of nitrogens with zero attached hydrogens (tertiary/aromatic N) is 2. The van der Waals surface area contributed by atoms with E-state index >= 15 is 0 Å². The Kier molecular flexibility index (Phi) is 6.92. The molecule has 162 valence electrons. The average molecular weight is 423 g/mol. The van der Waals surface area contributed by atoms with E-state index in [1.807, 2.05) is 24.3 Å². The predicted molar refractivity (Wildman–Crippen MR) is 119 cm³/mol. The maximum atomic E-state index is 12.5. The number of carbonyl (C=O) groups excluding carboxylic acids is 1. The minimum absolute atomic E-state index is 0.0365. The first-order valence-corrected chi connectivity index (χ1v) is 10.0. The second-order valence-corrected chi connectivity index (χ2v) is 6.93. The molecular weight excluding hydrogens is 398 g/mol. The van der Waals surface area contributed by atoms with Gasteiger partial charge in [0.15, 0.2) is 5.76 Å². The van der Waals surface area contributed by atoms with E-state index in [0.29, 0.717) is 22.8 Å². The van der Waals surface area contributed by atoms with Gasteiger partial charge in [0.2, 0.25) is 0 Å². The monoisotopic (exact) mass is 423 g/mol. The molecule has 3 rings (SSSR count). The molecule has 8 nitrogen and oxygen atoms in total. The van der Waals surface area contributed by atoms with Crippen molar-refractivity contribution in [2.75, 3.05) is 23.3 Å². The van der Waals surface area contributed by atoms with Crippen molar-refractivity contribution in [2.24, 2.45) is 0 Å². The lowest BCUT2D eigenvalue weighted by molar-refractivity contribution is -0.385. The van der Waals surface area contributed by atoms with Crippen LogP contribution in [0.1, 0.15) is 35.7 Å². The first kappa shape index (κ1) is 21.9. The number of aryl methyl sites for hydroxylation is 1. The molecule has 2 aromatic carbocycles. The number of hydrogen-bond donors (Lipinski definition) is 1. The number of benzene rings is 2. The molecule has 0 bridgehead atoms. The Labute approximate surface area is 180 Å². The highest BCUT2D eigenvalue weighted by molar-refractivity contribution is 6.02. The number of nitro benzene ring substituents is 1. The maximum absolute atomic E-state index is 12.5. The first-order valence-electron chi connectivity index (χ1n) is 10.0. The highest BCUT2D eigenvalue weighted by Crippen LogP contribution is 2.24. The Morgan fingerprint density at radius 3 is 2.42 bits per heavy atom. The lowest BCUT2D eigenvalue weighted by Crippen LogP contribution is -2.21. The third-order valence-corrected chi connectivity index (χ3v) is 4.89. The van der Waals surface area contributed by atoms with E-state index < -0.39 is 4.92 Å². The standard InChI is InChI=1S/C23H25N3O5/c1-4-25(5-2)18-8-6-17(7-9-18)24-23(27)22-13-11-20(31-22)15-30-19-10-12-21(26(28)29)16(3)14-19/h6-14H,4-5,15H2,1-3H3,(H,24,27). The Bertz CT molecular complexity index is 1060. The summed E-state index contributed by atoms with van der Waals surface area (Å²) < 4.78 is 11.2. The fraction of sp³-hybridized carbons (Fsp3) is 0.261. The smallest absolute Gasteiger partial charge is 0.291 e. The van der Waals surface area contributed by atoms with Crippen LogP contribution in [0.15, 0.2) is 59.0 Å². The minimum atomic E-state index is -0.437. The number of nitrogens with one attached hydrogen (secondary N) is 1. The second kappa shape index (κ2) is 9.80. The summed E-state index contributed by atoms with van der Waals surface area (Å²) >= 11 is 0. The molecule has 3 aromatic rings. The second-order valence-electron chi connectivity index (χ2n) is 6.93. The van der Waals surface area contributed by atoms with Crippen LogP contribution in [0.4, 0.5) is 17.1 Å². The molecule has 0 fully saturated rings. The van der Waals surface area contributed by atoms with Gasteiger partial charge in [-0.3, -0.25) is 14.9 Å². The Hall–Kier alpha value is -3.81. The first-order chi connectivity index (χ1) is 14.9. The molecule has 0 aliphatic carbocycles. The van der Waals surface area contributed by atoms with Gasteiger partial charge in [0.25, 0.3) is 11.6 Å². The van der Waals surface area contributed by atoms with Crippen molar-refractivity contribution in [1.82, 2.24) is 0 Å². The van der Waals surface area contributed by atoms with Gasteiger partial charge in [-0.15, -0.1) is 0 Å². The van der Waals surface area contributed by atoms with E-state index in [1.54, 1.807) is 25.1 Å². The van der Waals surface area contributed by atoms with Crippen LogP contribution in [-0.2, 0) is 6.61 Å². The van der Waals surface area contributed by atoms with Gasteiger partial charge in [0.1, 0.15) is 18.1 Å². The lowest BCUT2D eigenvalue weighted by atomic mass is 10.2. The number of furan rings is 1. The van der Waals surface area contributed by atoms with Crippen molar-refractivity contribution in [3.63, 3.8) is 0 Å². The zero-order chi connectivity index (χ0) is 22.4. The molecule has 0 saturated carbocycles. The van der Waals surface area contributed by atoms with E-state index in [2.05, 4.69) is 24.1 Å². The van der Waals surface area contributed by atoms with Crippen molar-refractivity contribution < 1.29 is 18.9 Å². The molecule has 8 heteroatoms. The van der Waals surface area contributed by atoms with Gasteiger partial charge >= 0.3 is 0 Å². The molecule has 1 amide bonds. The van der Waals surface area contributed by atoms with Crippen LogP contribution in [0.3, 0.4) is 0 Å². The van der Waals surface area contributed by atoms with Gasteiger partial charge in [-0.05, 0) is 69.3 Å². The molecule has 1 N–H and O–H groups in total. The molecule has 0 aliphatic heterocycles. The molecule has 0 aliphatic rings. The molecule has 1 heterocycles. The van der Waals surface area contributed by atoms with Gasteiger partial charge < -0.3 is 19.4 Å². The van der Waals surface area contributed by atoms with Crippen molar-refractivity contribution in [2.45, 2.75) is 27.4 Å². The van der Waals surface area contributed by atoms with Crippen LogP contribution in [-0.4, -0.2) is 23.9 Å². The minimum Gasteiger partial charge on any atom is -0.486 e. The highest BCUT2D eigenvalue weighted by Gasteiger charge is 2.14. The van der Waals surface area contributed by atoms with Crippen molar-refractivity contribution in [3.05, 3.63) is 81.8 Å². The number of rotatable bonds is 9. The van der Waals surface area contributed by atoms with Crippen molar-refractivity contribution >= 4 is 23.0 Å². The van der Waals surface area contributed by atoms with E-state index in [1.165, 1.54) is 12.1 Å². The zero-order valence-corrected chi connectivity index (χ0v) is 17.8. The number of anilines is 2. The Morgan fingerprint density at radius 2 is 1.81 bits per heavy atom. The summed E-state index contributed by atoms with van der Waals surface area (Å²) in [5.41, 5.74) is 2.32. The number of nitro groups is 1. The largest absolute Gasteiger partial charge is 0.486 e. The van der Waals surface area contributed by atoms with Gasteiger partial charge in [-0.1, -0.05) is 0 Å². The predicted octanol–water partition coefficient (Wildman–Crippen LogP) is 5.17. The Balaban J connectivity index is 1.58. The fourth-order valence-corrected chi connectivity index (χ4v) is 3.19. The van der Waals surface area contributed by atoms with Crippen LogP contribution in [0, 0.1) is 17.0 Å². The third-order valence-electron chi connectivity index (χ3n) is 4.89. The molecule has 0 spiro atoms. The summed E-state index contributed by atoms with van der Waals surface area (Å²) in [5, 5.41) is 13.7. The number of carbonyl (C=O) groups is 1. The molecule has 31 heavy (non-hydrogen) atoms. The summed E-state index contributed by atoms with van der Waals surface area (Å²) in [4.78, 5) is 25.1. The van der Waals surface area contributed by atoms with Crippen LogP contribution < -0.4 is 15.0 Å². The van der Waals surface area contributed by atoms with Gasteiger partial charge in [0.05, 0.1) is 4.92 Å². The number of ether oxygens (including phenoxy) is 1. The maximum Gasteiger partial charge on any atom is 0.291 e. The molecule has 0 unspecified atom stereocenters. The Morgan fingerprint density at radius 1 is 1.10 bits per heavy atom. The van der Waals surface area contributed by atoms with Crippen LogP contribution in [0.5, 0.6) is 5.75 Å². The fourth-order valence-electron chi connectivity index (χ4n) is 3.19. The summed E-state index contributed by atoms with van der Waals surface area (Å²) in [6.07, 6.45) is 0. The SMILES string of the molecule is CCN(CC)c1ccc(NC(=O)c2ccc(COc3ccc([N+](=O)[O-])c(C)c3)o2)cc1. The molecule has 0 saturated heterocycles. The lowest BCUT2D eigenvalue weighted by Gasteiger charge is -2.21. The van der Waals surface area contributed by atoms with Gasteiger partial charge in [-0.25, -0.2) is 0 Å². The number of hydrogen-bond acceptors (Lipinski definition) is 6. The van der Waals surface area contributed by atoms with E-state index in [-0.39, 0.29) is 24.0 Å². The van der Waals surface area contributed by atoms with E-state index in [4.69, 9.17) is 9.15 Å². The van der Waals surface area contributed by atoms with Gasteiger partial charge in [0, 0.05) is 36.1 Å². The average Bonchev–Trinajstić information content (AvgIpc) is 3.23. The van der Waals surface area contributed by atoms with Crippen LogP contribution in [0.25, 0.3) is 0 Å². The zero-order valence-electron chi connectivity index (χ0n) is 17.8. The molecule has 0 radical (unpaired) electrons. The van der Waals surface area contributed by atoms with Crippen LogP contribution >= 0.6 is 0 Å². The quantitative estimate of drug-likeness (QED) is 0.376. The normalized spacial score (nSPS) is 10.5. The summed E-state index contributed by atoms with van der Waals surface area (Å²) in [7, 11) is 0. The molecule has 0 atom stereocenters. The molecule has 1 aromatic heterocycles. The molecular formula is C23H25N3O5. The summed E-state index contributed by atoms with van der Waals surface area (Å²) in [6.45, 7) is 7.77. The van der Waals surface area contributed by atoms with E-state index in [9.17, 15) is 14.9 Å². The summed E-state index contributed by atoms with van der Waals surface area (Å²) in [6, 6.07) is 15.4. The van der Waals surface area contributed by atoms with Crippen molar-refractivity contribution in [3.8, 4) is 5.75 Å². The number of amides is 1. The van der Waals surface area contributed by atoms with Crippen LogP contribution in [0.2, 0.25) is 0 Å². The summed E-state index contributed by atoms with van der Waals surface area (Å²) in [5.74, 6) is 0.774.